The molecule has 0 atom stereocenters. The molecule has 3 heterocycles. The predicted molar refractivity (Wildman–Crippen MR) is 147 cm³/mol. The zero-order valence-electron chi connectivity index (χ0n) is 21.8. The van der Waals surface area contributed by atoms with Gasteiger partial charge in [-0.05, 0) is 50.6 Å². The summed E-state index contributed by atoms with van der Waals surface area (Å²) in [6, 6.07) is 17.3. The van der Waals surface area contributed by atoms with Crippen molar-refractivity contribution in [3.63, 3.8) is 0 Å². The van der Waals surface area contributed by atoms with E-state index in [4.69, 9.17) is 4.74 Å². The lowest BCUT2D eigenvalue weighted by molar-refractivity contribution is 0.102. The van der Waals surface area contributed by atoms with E-state index in [1.807, 2.05) is 43.3 Å². The lowest BCUT2D eigenvalue weighted by atomic mass is 9.90. The quantitative estimate of drug-likeness (QED) is 0.303. The van der Waals surface area contributed by atoms with Crippen molar-refractivity contribution in [1.82, 2.24) is 19.9 Å². The molecule has 0 fully saturated rings. The first kappa shape index (κ1) is 26.4. The van der Waals surface area contributed by atoms with E-state index < -0.39 is 5.41 Å². The van der Waals surface area contributed by atoms with Gasteiger partial charge in [-0.3, -0.25) is 14.8 Å². The molecule has 0 aliphatic heterocycles. The van der Waals surface area contributed by atoms with Gasteiger partial charge in [0.2, 0.25) is 0 Å². The van der Waals surface area contributed by atoms with Gasteiger partial charge in [0.05, 0.1) is 41.4 Å². The average molecular weight is 508 g/mol. The molecular weight excluding hydrogens is 478 g/mol. The number of amides is 1. The Labute approximate surface area is 222 Å². The highest BCUT2D eigenvalue weighted by atomic mass is 16.5. The van der Waals surface area contributed by atoms with Gasteiger partial charge in [0.25, 0.3) is 5.91 Å². The standard InChI is InChI=1S/C29H29N7O2/c1-19-24(20-6-5-7-21(12-20)25-15-27(35-18-34-25)32-10-11-38-4)14-23(16-33-19)36-28(37)22-8-9-31-26(13-22)29(2,3)17-30/h5-9,12-16,18H,10-11H2,1-4H3,(H,36,37)(H,32,34,35). The number of rotatable bonds is 9. The highest BCUT2D eigenvalue weighted by Crippen LogP contribution is 2.29. The molecule has 0 aliphatic carbocycles. The van der Waals surface area contributed by atoms with Crippen LogP contribution < -0.4 is 10.6 Å². The molecule has 0 saturated heterocycles. The smallest absolute Gasteiger partial charge is 0.255 e. The predicted octanol–water partition coefficient (Wildman–Crippen LogP) is 5.02. The molecule has 0 bridgehead atoms. The number of hydrogen-bond acceptors (Lipinski definition) is 8. The van der Waals surface area contributed by atoms with Crippen LogP contribution in [0.3, 0.4) is 0 Å². The molecule has 9 heteroatoms. The van der Waals surface area contributed by atoms with E-state index in [0.29, 0.717) is 30.1 Å². The van der Waals surface area contributed by atoms with Crippen LogP contribution in [0.2, 0.25) is 0 Å². The number of pyridine rings is 2. The minimum absolute atomic E-state index is 0.303. The lowest BCUT2D eigenvalue weighted by Gasteiger charge is -2.15. The van der Waals surface area contributed by atoms with E-state index in [-0.39, 0.29) is 5.91 Å². The number of methoxy groups -OCH3 is 1. The van der Waals surface area contributed by atoms with Crippen LogP contribution in [0.4, 0.5) is 11.5 Å². The summed E-state index contributed by atoms with van der Waals surface area (Å²) in [5, 5.41) is 15.6. The fourth-order valence-corrected chi connectivity index (χ4v) is 3.81. The molecule has 0 aliphatic rings. The zero-order chi connectivity index (χ0) is 27.1. The van der Waals surface area contributed by atoms with Crippen molar-refractivity contribution < 1.29 is 9.53 Å². The Morgan fingerprint density at radius 3 is 2.66 bits per heavy atom. The topological polar surface area (TPSA) is 126 Å². The van der Waals surface area contributed by atoms with Crippen molar-refractivity contribution in [2.45, 2.75) is 26.2 Å². The summed E-state index contributed by atoms with van der Waals surface area (Å²) in [5.74, 6) is 0.416. The van der Waals surface area contributed by atoms with E-state index in [1.165, 1.54) is 6.33 Å². The van der Waals surface area contributed by atoms with Crippen molar-refractivity contribution in [1.29, 1.82) is 5.26 Å². The number of nitriles is 1. The number of ether oxygens (including phenoxy) is 1. The number of carbonyl (C=O) groups is 1. The summed E-state index contributed by atoms with van der Waals surface area (Å²) in [4.78, 5) is 30.5. The van der Waals surface area contributed by atoms with Crippen LogP contribution in [0.1, 0.15) is 35.6 Å². The van der Waals surface area contributed by atoms with E-state index in [9.17, 15) is 10.1 Å². The maximum Gasteiger partial charge on any atom is 0.255 e. The molecule has 0 radical (unpaired) electrons. The zero-order valence-corrected chi connectivity index (χ0v) is 21.8. The molecule has 4 aromatic rings. The molecule has 192 valence electrons. The first-order chi connectivity index (χ1) is 18.3. The first-order valence-electron chi connectivity index (χ1n) is 12.1. The number of carbonyl (C=O) groups excluding carboxylic acids is 1. The number of anilines is 2. The molecule has 0 unspecified atom stereocenters. The van der Waals surface area contributed by atoms with Gasteiger partial charge < -0.3 is 15.4 Å². The van der Waals surface area contributed by atoms with Gasteiger partial charge in [-0.2, -0.15) is 5.26 Å². The highest BCUT2D eigenvalue weighted by Gasteiger charge is 2.22. The monoisotopic (exact) mass is 507 g/mol. The lowest BCUT2D eigenvalue weighted by Crippen LogP contribution is -2.18. The van der Waals surface area contributed by atoms with Crippen LogP contribution in [-0.2, 0) is 10.2 Å². The Morgan fingerprint density at radius 2 is 1.87 bits per heavy atom. The Hall–Kier alpha value is -4.68. The fourth-order valence-electron chi connectivity index (χ4n) is 3.81. The molecule has 0 spiro atoms. The number of nitrogens with one attached hydrogen (secondary N) is 2. The second-order valence-electron chi connectivity index (χ2n) is 9.27. The summed E-state index contributed by atoms with van der Waals surface area (Å²) in [6.07, 6.45) is 4.70. The molecule has 0 saturated carbocycles. The average Bonchev–Trinajstić information content (AvgIpc) is 2.94. The highest BCUT2D eigenvalue weighted by molar-refractivity contribution is 6.04. The van der Waals surface area contributed by atoms with Crippen molar-refractivity contribution in [3.8, 4) is 28.5 Å². The molecule has 1 amide bonds. The number of aryl methyl sites for hydroxylation is 1. The summed E-state index contributed by atoms with van der Waals surface area (Å²) in [5.41, 5.74) is 5.08. The molecule has 3 aromatic heterocycles. The number of aromatic nitrogens is 4. The molecule has 4 rings (SSSR count). The summed E-state index contributed by atoms with van der Waals surface area (Å²) < 4.78 is 5.08. The normalized spacial score (nSPS) is 11.0. The third-order valence-corrected chi connectivity index (χ3v) is 6.04. The number of nitrogens with zero attached hydrogens (tertiary/aromatic N) is 5. The van der Waals surface area contributed by atoms with Crippen LogP contribution in [0, 0.1) is 18.3 Å². The van der Waals surface area contributed by atoms with E-state index in [2.05, 4.69) is 36.6 Å². The van der Waals surface area contributed by atoms with Gasteiger partial charge in [0.15, 0.2) is 0 Å². The van der Waals surface area contributed by atoms with E-state index in [0.717, 1.165) is 33.9 Å². The van der Waals surface area contributed by atoms with Crippen molar-refractivity contribution in [2.75, 3.05) is 30.9 Å². The van der Waals surface area contributed by atoms with Gasteiger partial charge in [0.1, 0.15) is 12.1 Å². The fraction of sp³-hybridized carbons (Fsp3) is 0.241. The van der Waals surface area contributed by atoms with Crippen LogP contribution in [0.15, 0.2) is 67.3 Å². The Balaban J connectivity index is 1.58. The third-order valence-electron chi connectivity index (χ3n) is 6.04. The summed E-state index contributed by atoms with van der Waals surface area (Å²) >= 11 is 0. The summed E-state index contributed by atoms with van der Waals surface area (Å²) in [7, 11) is 1.66. The number of hydrogen-bond donors (Lipinski definition) is 2. The molecule has 2 N–H and O–H groups in total. The molecular formula is C29H29N7O2. The van der Waals surface area contributed by atoms with Gasteiger partial charge in [0, 0.05) is 48.3 Å². The third kappa shape index (κ3) is 6.17. The largest absolute Gasteiger partial charge is 0.383 e. The Bertz CT molecular complexity index is 1490. The maximum absolute atomic E-state index is 13.0. The van der Waals surface area contributed by atoms with Crippen molar-refractivity contribution >= 4 is 17.4 Å². The van der Waals surface area contributed by atoms with Crippen molar-refractivity contribution in [2.24, 2.45) is 0 Å². The first-order valence-corrected chi connectivity index (χ1v) is 12.1. The maximum atomic E-state index is 13.0. The Morgan fingerprint density at radius 1 is 1.05 bits per heavy atom. The van der Waals surface area contributed by atoms with Crippen molar-refractivity contribution in [3.05, 3.63) is 84.2 Å². The van der Waals surface area contributed by atoms with Crippen LogP contribution in [0.5, 0.6) is 0 Å². The minimum Gasteiger partial charge on any atom is -0.383 e. The molecule has 38 heavy (non-hydrogen) atoms. The van der Waals surface area contributed by atoms with Crippen LogP contribution in [-0.4, -0.2) is 46.1 Å². The van der Waals surface area contributed by atoms with Gasteiger partial charge in [-0.1, -0.05) is 18.2 Å². The van der Waals surface area contributed by atoms with Gasteiger partial charge >= 0.3 is 0 Å². The Kier molecular flexibility index (Phi) is 8.04. The van der Waals surface area contributed by atoms with Gasteiger partial charge in [-0.15, -0.1) is 0 Å². The second kappa shape index (κ2) is 11.6. The molecule has 9 nitrogen and oxygen atoms in total. The van der Waals surface area contributed by atoms with E-state index >= 15 is 0 Å². The van der Waals surface area contributed by atoms with Gasteiger partial charge in [-0.25, -0.2) is 9.97 Å². The van der Waals surface area contributed by atoms with E-state index in [1.54, 1.807) is 45.5 Å². The number of benzene rings is 1. The second-order valence-corrected chi connectivity index (χ2v) is 9.27. The summed E-state index contributed by atoms with van der Waals surface area (Å²) in [6.45, 7) is 6.68. The van der Waals surface area contributed by atoms with Crippen LogP contribution in [0.25, 0.3) is 22.4 Å². The minimum atomic E-state index is -0.801. The van der Waals surface area contributed by atoms with Crippen LogP contribution >= 0.6 is 0 Å². The SMILES string of the molecule is COCCNc1cc(-c2cccc(-c3cc(NC(=O)c4ccnc(C(C)(C)C#N)c4)cnc3C)c2)ncn1. The molecule has 1 aromatic carbocycles.